The van der Waals surface area contributed by atoms with Gasteiger partial charge in [-0.3, -0.25) is 14.7 Å². The summed E-state index contributed by atoms with van der Waals surface area (Å²) in [5.74, 6) is 0.299. The highest BCUT2D eigenvalue weighted by Gasteiger charge is 2.34. The summed E-state index contributed by atoms with van der Waals surface area (Å²) in [6.45, 7) is 5.77. The number of ether oxygens (including phenoxy) is 1. The summed E-state index contributed by atoms with van der Waals surface area (Å²) in [5.41, 5.74) is 3.70. The van der Waals surface area contributed by atoms with Crippen LogP contribution in [0.4, 0.5) is 0 Å². The molecule has 0 unspecified atom stereocenters. The number of nitrogens with zero attached hydrogens (tertiary/aromatic N) is 4. The highest BCUT2D eigenvalue weighted by molar-refractivity contribution is 5.97. The molecule has 33 heavy (non-hydrogen) atoms. The van der Waals surface area contributed by atoms with E-state index in [2.05, 4.69) is 27.9 Å². The van der Waals surface area contributed by atoms with Crippen molar-refractivity contribution in [3.63, 3.8) is 0 Å². The molecule has 3 atom stereocenters. The Morgan fingerprint density at radius 3 is 2.88 bits per heavy atom. The lowest BCUT2D eigenvalue weighted by Gasteiger charge is -2.37. The molecule has 0 saturated heterocycles. The van der Waals surface area contributed by atoms with E-state index in [4.69, 9.17) is 4.74 Å². The van der Waals surface area contributed by atoms with E-state index in [1.165, 1.54) is 5.57 Å². The predicted molar refractivity (Wildman–Crippen MR) is 128 cm³/mol. The largest absolute Gasteiger partial charge is 0.472 e. The number of fused-ring (bicyclic) bond motifs is 1. The number of allylic oxidation sites excluding steroid dienone is 2. The molecule has 1 aliphatic heterocycles. The van der Waals surface area contributed by atoms with Gasteiger partial charge in [0.25, 0.3) is 5.91 Å². The molecule has 1 aliphatic carbocycles. The number of carbonyl (C=O) groups excluding carboxylic acids is 1. The molecular weight excluding hydrogens is 416 g/mol. The Morgan fingerprint density at radius 2 is 2.18 bits per heavy atom. The third kappa shape index (κ3) is 5.42. The molecule has 176 valence electrons. The quantitative estimate of drug-likeness (QED) is 0.697. The molecular formula is C26H34N4O3. The number of pyridine rings is 2. The Balaban J connectivity index is 1.62. The van der Waals surface area contributed by atoms with Crippen molar-refractivity contribution < 1.29 is 14.6 Å². The monoisotopic (exact) mass is 450 g/mol. The molecule has 7 heteroatoms. The van der Waals surface area contributed by atoms with Crippen molar-refractivity contribution in [2.45, 2.75) is 51.8 Å². The molecule has 0 fully saturated rings. The van der Waals surface area contributed by atoms with Gasteiger partial charge in [0.15, 0.2) is 0 Å². The molecule has 4 rings (SSSR count). The number of aliphatic hydroxyl groups excluding tert-OH is 1. The number of amides is 1. The summed E-state index contributed by atoms with van der Waals surface area (Å²) in [6.07, 6.45) is 8.88. The summed E-state index contributed by atoms with van der Waals surface area (Å²) in [5, 5.41) is 9.84. The Bertz CT molecular complexity index is 994. The molecule has 2 aliphatic rings. The Labute approximate surface area is 196 Å². The Hall–Kier alpha value is -2.77. The second-order valence-corrected chi connectivity index (χ2v) is 9.34. The van der Waals surface area contributed by atoms with E-state index in [1.807, 2.05) is 44.4 Å². The minimum absolute atomic E-state index is 0.0568. The van der Waals surface area contributed by atoms with Gasteiger partial charge in [-0.2, -0.15) is 0 Å². The number of hydrogen-bond acceptors (Lipinski definition) is 6. The van der Waals surface area contributed by atoms with Crippen LogP contribution in [0.15, 0.2) is 42.7 Å². The molecule has 7 nitrogen and oxygen atoms in total. The summed E-state index contributed by atoms with van der Waals surface area (Å²) in [4.78, 5) is 26.5. The number of likely N-dealkylation sites (N-methyl/N-ethyl adjacent to an activating group) is 1. The van der Waals surface area contributed by atoms with E-state index in [-0.39, 0.29) is 30.6 Å². The first kappa shape index (κ1) is 23.4. The standard InChI is InChI=1S/C26H34N4O3/c1-18-14-30(19(2)17-31)26(32)23-12-21(20-8-4-5-9-20)13-28-25(23)33-24(18)16-29(3)15-22-10-6-7-11-27-22/h6-8,10-13,18-19,24,31H,4-5,9,14-17H2,1-3H3/t18-,19+,24+/m0/s1. The van der Waals surface area contributed by atoms with Gasteiger partial charge in [0.1, 0.15) is 11.7 Å². The predicted octanol–water partition coefficient (Wildman–Crippen LogP) is 3.40. The van der Waals surface area contributed by atoms with Crippen molar-refractivity contribution in [3.05, 3.63) is 59.6 Å². The van der Waals surface area contributed by atoms with E-state index in [0.717, 1.165) is 30.5 Å². The first-order chi connectivity index (χ1) is 16.0. The normalized spacial score (nSPS) is 21.8. The Kier molecular flexibility index (Phi) is 7.40. The van der Waals surface area contributed by atoms with E-state index < -0.39 is 0 Å². The van der Waals surface area contributed by atoms with Crippen molar-refractivity contribution in [2.24, 2.45) is 5.92 Å². The molecule has 1 amide bonds. The van der Waals surface area contributed by atoms with Crippen molar-refractivity contribution in [2.75, 3.05) is 26.7 Å². The van der Waals surface area contributed by atoms with Gasteiger partial charge in [0, 0.05) is 37.9 Å². The molecule has 0 aromatic carbocycles. The second-order valence-electron chi connectivity index (χ2n) is 9.34. The first-order valence-electron chi connectivity index (χ1n) is 11.8. The third-order valence-electron chi connectivity index (χ3n) is 6.58. The highest BCUT2D eigenvalue weighted by Crippen LogP contribution is 2.32. The summed E-state index contributed by atoms with van der Waals surface area (Å²) in [7, 11) is 2.05. The van der Waals surface area contributed by atoms with E-state index in [0.29, 0.717) is 31.1 Å². The lowest BCUT2D eigenvalue weighted by atomic mass is 9.99. The summed E-state index contributed by atoms with van der Waals surface area (Å²) in [6, 6.07) is 7.55. The van der Waals surface area contributed by atoms with Crippen molar-refractivity contribution in [1.29, 1.82) is 0 Å². The zero-order valence-corrected chi connectivity index (χ0v) is 19.8. The van der Waals surface area contributed by atoms with E-state index >= 15 is 0 Å². The number of hydrogen-bond donors (Lipinski definition) is 1. The molecule has 0 bridgehead atoms. The van der Waals surface area contributed by atoms with Gasteiger partial charge < -0.3 is 14.7 Å². The molecule has 0 saturated carbocycles. The average molecular weight is 451 g/mol. The lowest BCUT2D eigenvalue weighted by molar-refractivity contribution is 0.0324. The molecule has 2 aromatic heterocycles. The number of carbonyl (C=O) groups is 1. The van der Waals surface area contributed by atoms with E-state index in [9.17, 15) is 9.90 Å². The maximum absolute atomic E-state index is 13.5. The van der Waals surface area contributed by atoms with Crippen molar-refractivity contribution in [3.8, 4) is 5.88 Å². The van der Waals surface area contributed by atoms with Crippen LogP contribution in [0.5, 0.6) is 5.88 Å². The topological polar surface area (TPSA) is 78.8 Å². The molecule has 0 radical (unpaired) electrons. The number of aromatic nitrogens is 2. The van der Waals surface area contributed by atoms with Crippen molar-refractivity contribution >= 4 is 11.5 Å². The van der Waals surface area contributed by atoms with Crippen LogP contribution >= 0.6 is 0 Å². The van der Waals surface area contributed by atoms with Gasteiger partial charge in [-0.25, -0.2) is 4.98 Å². The molecule has 2 aromatic rings. The maximum atomic E-state index is 13.5. The zero-order chi connectivity index (χ0) is 23.4. The number of aliphatic hydroxyl groups is 1. The first-order valence-corrected chi connectivity index (χ1v) is 11.8. The minimum atomic E-state index is -0.285. The minimum Gasteiger partial charge on any atom is -0.472 e. The third-order valence-corrected chi connectivity index (χ3v) is 6.58. The van der Waals surface area contributed by atoms with Gasteiger partial charge >= 0.3 is 0 Å². The van der Waals surface area contributed by atoms with Crippen LogP contribution in [0.1, 0.15) is 54.7 Å². The van der Waals surface area contributed by atoms with Crippen LogP contribution < -0.4 is 4.74 Å². The Morgan fingerprint density at radius 1 is 1.33 bits per heavy atom. The SMILES string of the molecule is C[C@H](CO)N1C[C@H](C)[C@@H](CN(C)Cc2ccccn2)Oc2ncc(C3=CCCC3)cc2C1=O. The smallest absolute Gasteiger partial charge is 0.259 e. The van der Waals surface area contributed by atoms with Gasteiger partial charge in [0.05, 0.1) is 18.3 Å². The van der Waals surface area contributed by atoms with Gasteiger partial charge in [0.2, 0.25) is 5.88 Å². The van der Waals surface area contributed by atoms with Crippen LogP contribution in [0.25, 0.3) is 5.57 Å². The summed E-state index contributed by atoms with van der Waals surface area (Å²) >= 11 is 0. The van der Waals surface area contributed by atoms with E-state index in [1.54, 1.807) is 11.1 Å². The number of rotatable bonds is 7. The van der Waals surface area contributed by atoms with Crippen LogP contribution in [0.2, 0.25) is 0 Å². The fourth-order valence-corrected chi connectivity index (χ4v) is 4.57. The highest BCUT2D eigenvalue weighted by atomic mass is 16.5. The van der Waals surface area contributed by atoms with Crippen LogP contribution in [0.3, 0.4) is 0 Å². The van der Waals surface area contributed by atoms with Gasteiger partial charge in [-0.05, 0) is 62.6 Å². The summed E-state index contributed by atoms with van der Waals surface area (Å²) < 4.78 is 6.40. The maximum Gasteiger partial charge on any atom is 0.259 e. The molecule has 1 N–H and O–H groups in total. The van der Waals surface area contributed by atoms with Crippen molar-refractivity contribution in [1.82, 2.24) is 19.8 Å². The second kappa shape index (κ2) is 10.4. The fraction of sp³-hybridized carbons (Fsp3) is 0.500. The molecule has 3 heterocycles. The lowest BCUT2D eigenvalue weighted by Crippen LogP contribution is -2.49. The van der Waals surface area contributed by atoms with Gasteiger partial charge in [-0.15, -0.1) is 0 Å². The fourth-order valence-electron chi connectivity index (χ4n) is 4.57. The average Bonchev–Trinajstić information content (AvgIpc) is 3.36. The van der Waals surface area contributed by atoms with Crippen LogP contribution in [-0.2, 0) is 6.54 Å². The zero-order valence-electron chi connectivity index (χ0n) is 19.8. The van der Waals surface area contributed by atoms with Crippen LogP contribution in [0, 0.1) is 5.92 Å². The van der Waals surface area contributed by atoms with Gasteiger partial charge in [-0.1, -0.05) is 19.1 Å². The van der Waals surface area contributed by atoms with Crippen LogP contribution in [-0.4, -0.2) is 69.7 Å². The molecule has 0 spiro atoms.